The fourth-order valence-electron chi connectivity index (χ4n) is 4.06. The Balaban J connectivity index is 0.00000240. The second-order valence-electron chi connectivity index (χ2n) is 8.43. The fourth-order valence-corrected chi connectivity index (χ4v) is 4.06. The molecular weight excluding hydrogens is 477 g/mol. The summed E-state index contributed by atoms with van der Waals surface area (Å²) in [4.78, 5) is 10.0. The van der Waals surface area contributed by atoms with E-state index >= 15 is 0 Å². The molecule has 0 spiro atoms. The Morgan fingerprint density at radius 1 is 1.17 bits per heavy atom. The normalized spacial score (nSPS) is 26.0. The van der Waals surface area contributed by atoms with Gasteiger partial charge < -0.3 is 15.4 Å². The molecule has 3 heterocycles. The molecule has 6 nitrogen and oxygen atoms in total. The molecule has 2 bridgehead atoms. The van der Waals surface area contributed by atoms with Crippen LogP contribution in [0.25, 0.3) is 0 Å². The molecule has 1 unspecified atom stereocenters. The Bertz CT molecular complexity index is 686. The zero-order valence-electron chi connectivity index (χ0n) is 17.8. The first kappa shape index (κ1) is 22.6. The molecule has 7 heteroatoms. The summed E-state index contributed by atoms with van der Waals surface area (Å²) in [5.41, 5.74) is 2.40. The van der Waals surface area contributed by atoms with Crippen molar-refractivity contribution in [2.75, 3.05) is 52.4 Å². The third-order valence-corrected chi connectivity index (χ3v) is 6.04. The molecule has 1 aromatic carbocycles. The van der Waals surface area contributed by atoms with E-state index in [1.165, 1.54) is 51.1 Å². The molecule has 1 atom stereocenters. The molecule has 1 aromatic rings. The highest BCUT2D eigenvalue weighted by Gasteiger charge is 2.31. The summed E-state index contributed by atoms with van der Waals surface area (Å²) in [5, 5.41) is 6.96. The predicted molar refractivity (Wildman–Crippen MR) is 129 cm³/mol. The lowest BCUT2D eigenvalue weighted by molar-refractivity contribution is 0.0154. The number of rotatable bonds is 8. The van der Waals surface area contributed by atoms with E-state index in [-0.39, 0.29) is 24.0 Å². The minimum absolute atomic E-state index is 0. The first-order valence-corrected chi connectivity index (χ1v) is 10.9. The number of hydrogen-bond donors (Lipinski definition) is 2. The molecule has 3 saturated heterocycles. The molecule has 3 aliphatic heterocycles. The highest BCUT2D eigenvalue weighted by atomic mass is 127. The van der Waals surface area contributed by atoms with Gasteiger partial charge in [-0.1, -0.05) is 12.1 Å². The summed E-state index contributed by atoms with van der Waals surface area (Å²) in [6.07, 6.45) is 2.62. The number of hydrogen-bond acceptors (Lipinski definition) is 4. The van der Waals surface area contributed by atoms with Crippen LogP contribution >= 0.6 is 24.0 Å². The summed E-state index contributed by atoms with van der Waals surface area (Å²) in [7, 11) is 0. The predicted octanol–water partition coefficient (Wildman–Crippen LogP) is 2.46. The van der Waals surface area contributed by atoms with Crippen molar-refractivity contribution in [3.63, 3.8) is 0 Å². The van der Waals surface area contributed by atoms with E-state index in [4.69, 9.17) is 9.73 Å². The molecule has 2 N–H and O–H groups in total. The van der Waals surface area contributed by atoms with Crippen LogP contribution in [0.5, 0.6) is 5.75 Å². The Hall–Kier alpha value is -1.06. The standard InChI is InChI=1S/C22H35N5O.HI/c1-3-23-22(25-14-20-15-26-8-10-27(20)11-9-26)24-13-19-7-4-17(2)12-21(19)28-16-18-5-6-18;/h4,7,12,18,20H,3,5-6,8-11,13-16H2,1-2H3,(H2,23,24,25);1H. The third kappa shape index (κ3) is 6.46. The number of piperazine rings is 3. The zero-order valence-corrected chi connectivity index (χ0v) is 20.2. The average molecular weight is 513 g/mol. The number of aliphatic imine (C=N–C) groups is 1. The highest BCUT2D eigenvalue weighted by Crippen LogP contribution is 2.31. The van der Waals surface area contributed by atoms with Crippen LogP contribution < -0.4 is 15.4 Å². The van der Waals surface area contributed by atoms with Crippen molar-refractivity contribution >= 4 is 29.9 Å². The van der Waals surface area contributed by atoms with Crippen LogP contribution in [0.4, 0.5) is 0 Å². The molecule has 0 radical (unpaired) electrons. The van der Waals surface area contributed by atoms with E-state index in [9.17, 15) is 0 Å². The minimum atomic E-state index is 0. The first-order valence-electron chi connectivity index (χ1n) is 10.9. The molecule has 4 fully saturated rings. The summed E-state index contributed by atoms with van der Waals surface area (Å²) in [6.45, 7) is 13.5. The van der Waals surface area contributed by atoms with Crippen molar-refractivity contribution in [2.45, 2.75) is 39.3 Å². The van der Waals surface area contributed by atoms with Crippen LogP contribution in [0.1, 0.15) is 30.9 Å². The number of nitrogens with one attached hydrogen (secondary N) is 2. The number of halogens is 1. The Kier molecular flexibility index (Phi) is 8.44. The molecule has 1 aliphatic carbocycles. The van der Waals surface area contributed by atoms with Crippen LogP contribution in [-0.2, 0) is 6.54 Å². The van der Waals surface area contributed by atoms with Crippen molar-refractivity contribution < 1.29 is 4.74 Å². The fraction of sp³-hybridized carbons (Fsp3) is 0.682. The molecule has 0 amide bonds. The van der Waals surface area contributed by atoms with Crippen LogP contribution in [-0.4, -0.2) is 74.2 Å². The zero-order chi connectivity index (χ0) is 19.3. The quantitative estimate of drug-likeness (QED) is 0.318. The van der Waals surface area contributed by atoms with E-state index in [2.05, 4.69) is 52.5 Å². The van der Waals surface area contributed by atoms with E-state index < -0.39 is 0 Å². The molecular formula is C22H36IN5O. The van der Waals surface area contributed by atoms with Gasteiger partial charge in [0, 0.05) is 57.4 Å². The number of guanidine groups is 1. The van der Waals surface area contributed by atoms with Gasteiger partial charge in [0.2, 0.25) is 0 Å². The number of aryl methyl sites for hydroxylation is 1. The maximum absolute atomic E-state index is 6.10. The summed E-state index contributed by atoms with van der Waals surface area (Å²) < 4.78 is 6.10. The highest BCUT2D eigenvalue weighted by molar-refractivity contribution is 14.0. The van der Waals surface area contributed by atoms with E-state index in [1.54, 1.807) is 0 Å². The average Bonchev–Trinajstić information content (AvgIpc) is 3.55. The van der Waals surface area contributed by atoms with Gasteiger partial charge in [0.25, 0.3) is 0 Å². The van der Waals surface area contributed by atoms with Crippen molar-refractivity contribution in [1.29, 1.82) is 0 Å². The Labute approximate surface area is 192 Å². The number of fused-ring (bicyclic) bond motifs is 3. The molecule has 5 rings (SSSR count). The maximum atomic E-state index is 6.10. The second kappa shape index (κ2) is 10.8. The van der Waals surface area contributed by atoms with E-state index in [0.29, 0.717) is 12.6 Å². The topological polar surface area (TPSA) is 52.1 Å². The van der Waals surface area contributed by atoms with Crippen molar-refractivity contribution in [3.05, 3.63) is 29.3 Å². The molecule has 29 heavy (non-hydrogen) atoms. The largest absolute Gasteiger partial charge is 0.493 e. The SMILES string of the molecule is CCNC(=NCc1ccc(C)cc1OCC1CC1)NCC1CN2CCN1CC2.I. The lowest BCUT2D eigenvalue weighted by atomic mass is 10.1. The summed E-state index contributed by atoms with van der Waals surface area (Å²) in [6, 6.07) is 7.04. The van der Waals surface area contributed by atoms with Gasteiger partial charge in [-0.25, -0.2) is 4.99 Å². The van der Waals surface area contributed by atoms with Gasteiger partial charge in [-0.3, -0.25) is 9.80 Å². The van der Waals surface area contributed by atoms with Gasteiger partial charge in [-0.2, -0.15) is 0 Å². The summed E-state index contributed by atoms with van der Waals surface area (Å²) in [5.74, 6) is 2.65. The number of nitrogens with zero attached hydrogens (tertiary/aromatic N) is 3. The van der Waals surface area contributed by atoms with Crippen LogP contribution in [0, 0.1) is 12.8 Å². The lowest BCUT2D eigenvalue weighted by Crippen LogP contribution is -2.63. The van der Waals surface area contributed by atoms with Gasteiger partial charge in [0.1, 0.15) is 5.75 Å². The van der Waals surface area contributed by atoms with E-state index in [1.807, 2.05) is 0 Å². The molecule has 4 aliphatic rings. The third-order valence-electron chi connectivity index (χ3n) is 6.04. The molecule has 1 saturated carbocycles. The van der Waals surface area contributed by atoms with Gasteiger partial charge in [0.15, 0.2) is 5.96 Å². The van der Waals surface area contributed by atoms with Crippen molar-refractivity contribution in [3.8, 4) is 5.75 Å². The Morgan fingerprint density at radius 3 is 2.62 bits per heavy atom. The Morgan fingerprint density at radius 2 is 1.97 bits per heavy atom. The number of benzene rings is 1. The maximum Gasteiger partial charge on any atom is 0.191 e. The molecule has 0 aromatic heterocycles. The number of ether oxygens (including phenoxy) is 1. The van der Waals surface area contributed by atoms with Crippen LogP contribution in [0.2, 0.25) is 0 Å². The molecule has 162 valence electrons. The second-order valence-corrected chi connectivity index (χ2v) is 8.43. The van der Waals surface area contributed by atoms with Crippen LogP contribution in [0.3, 0.4) is 0 Å². The smallest absolute Gasteiger partial charge is 0.191 e. The summed E-state index contributed by atoms with van der Waals surface area (Å²) >= 11 is 0. The van der Waals surface area contributed by atoms with Crippen LogP contribution in [0.15, 0.2) is 23.2 Å². The van der Waals surface area contributed by atoms with Crippen molar-refractivity contribution in [2.24, 2.45) is 10.9 Å². The van der Waals surface area contributed by atoms with Gasteiger partial charge in [-0.15, -0.1) is 24.0 Å². The minimum Gasteiger partial charge on any atom is -0.493 e. The van der Waals surface area contributed by atoms with Gasteiger partial charge in [0.05, 0.1) is 13.2 Å². The monoisotopic (exact) mass is 513 g/mol. The van der Waals surface area contributed by atoms with Gasteiger partial charge >= 0.3 is 0 Å². The van der Waals surface area contributed by atoms with E-state index in [0.717, 1.165) is 42.9 Å². The lowest BCUT2D eigenvalue weighted by Gasteiger charge is -2.47. The van der Waals surface area contributed by atoms with Gasteiger partial charge in [-0.05, 0) is 44.2 Å². The van der Waals surface area contributed by atoms with Crippen molar-refractivity contribution in [1.82, 2.24) is 20.4 Å². The first-order chi connectivity index (χ1) is 13.7.